The van der Waals surface area contributed by atoms with Crippen molar-refractivity contribution in [1.29, 1.82) is 0 Å². The Kier molecular flexibility index (Phi) is 3.56. The van der Waals surface area contributed by atoms with Crippen molar-refractivity contribution >= 4 is 17.5 Å². The monoisotopic (exact) mass is 209 g/mol. The fourth-order valence-electron chi connectivity index (χ4n) is 0.873. The zero-order valence-corrected chi connectivity index (χ0v) is 9.06. The molecule has 15 heavy (non-hydrogen) atoms. The lowest BCUT2D eigenvalue weighted by molar-refractivity contribution is -0.117. The van der Waals surface area contributed by atoms with Crippen LogP contribution in [0.25, 0.3) is 0 Å². The van der Waals surface area contributed by atoms with Crippen molar-refractivity contribution in [2.24, 2.45) is 5.73 Å². The summed E-state index contributed by atoms with van der Waals surface area (Å²) in [5.74, 6) is 0.338. The van der Waals surface area contributed by atoms with E-state index in [9.17, 15) is 4.79 Å². The number of carbonyl (C=O) groups is 1. The summed E-state index contributed by atoms with van der Waals surface area (Å²) in [5, 5.41) is 2.60. The maximum absolute atomic E-state index is 11.2. The van der Waals surface area contributed by atoms with Gasteiger partial charge in [0.2, 0.25) is 11.9 Å². The Morgan fingerprint density at radius 3 is 2.40 bits per heavy atom. The summed E-state index contributed by atoms with van der Waals surface area (Å²) >= 11 is 0. The van der Waals surface area contributed by atoms with Crippen molar-refractivity contribution in [3.8, 4) is 0 Å². The molecule has 1 aromatic rings. The summed E-state index contributed by atoms with van der Waals surface area (Å²) in [5.41, 5.74) is 5.95. The minimum Gasteiger partial charge on any atom is -0.347 e. The van der Waals surface area contributed by atoms with Gasteiger partial charge in [0, 0.05) is 14.1 Å². The summed E-state index contributed by atoms with van der Waals surface area (Å²) in [4.78, 5) is 21.1. The number of nitrogens with one attached hydrogen (secondary N) is 1. The van der Waals surface area contributed by atoms with Gasteiger partial charge >= 0.3 is 0 Å². The van der Waals surface area contributed by atoms with Crippen LogP contribution in [0.4, 0.5) is 11.6 Å². The largest absolute Gasteiger partial charge is 0.347 e. The smallest absolute Gasteiger partial charge is 0.241 e. The average Bonchev–Trinajstić information content (AvgIpc) is 2.18. The SMILES string of the molecule is C[C@@H](N)C(=O)Nc1cnc(N(C)C)nc1. The molecule has 0 unspecified atom stereocenters. The van der Waals surface area contributed by atoms with Crippen LogP contribution in [0.2, 0.25) is 0 Å². The third kappa shape index (κ3) is 3.17. The van der Waals surface area contributed by atoms with Gasteiger partial charge in [0.15, 0.2) is 0 Å². The molecule has 0 bridgehead atoms. The molecule has 0 aromatic carbocycles. The van der Waals surface area contributed by atoms with Crippen molar-refractivity contribution in [3.63, 3.8) is 0 Å². The highest BCUT2D eigenvalue weighted by atomic mass is 16.2. The molecule has 1 atom stereocenters. The van der Waals surface area contributed by atoms with Gasteiger partial charge in [-0.1, -0.05) is 0 Å². The Morgan fingerprint density at radius 1 is 1.47 bits per heavy atom. The molecule has 0 aliphatic heterocycles. The zero-order chi connectivity index (χ0) is 11.4. The van der Waals surface area contributed by atoms with Gasteiger partial charge in [0.25, 0.3) is 0 Å². The predicted molar refractivity (Wildman–Crippen MR) is 58.6 cm³/mol. The number of carbonyl (C=O) groups excluding carboxylic acids is 1. The van der Waals surface area contributed by atoms with E-state index in [-0.39, 0.29) is 5.91 Å². The number of aromatic nitrogens is 2. The molecular formula is C9H15N5O. The molecule has 6 heteroatoms. The molecule has 0 saturated carbocycles. The quantitative estimate of drug-likeness (QED) is 0.722. The van der Waals surface area contributed by atoms with Crippen molar-refractivity contribution < 1.29 is 4.79 Å². The molecule has 82 valence electrons. The molecule has 1 heterocycles. The zero-order valence-electron chi connectivity index (χ0n) is 9.06. The number of hydrogen-bond acceptors (Lipinski definition) is 5. The molecule has 1 rings (SSSR count). The summed E-state index contributed by atoms with van der Waals surface area (Å²) in [6, 6.07) is -0.543. The van der Waals surface area contributed by atoms with E-state index in [0.29, 0.717) is 11.6 Å². The number of rotatable bonds is 3. The van der Waals surface area contributed by atoms with Gasteiger partial charge in [-0.15, -0.1) is 0 Å². The molecule has 0 aliphatic carbocycles. The maximum atomic E-state index is 11.2. The van der Waals surface area contributed by atoms with Gasteiger partial charge in [-0.2, -0.15) is 0 Å². The Bertz CT molecular complexity index is 333. The van der Waals surface area contributed by atoms with Crippen LogP contribution in [0.5, 0.6) is 0 Å². The van der Waals surface area contributed by atoms with Gasteiger partial charge in [-0.3, -0.25) is 4.79 Å². The first-order valence-corrected chi connectivity index (χ1v) is 4.56. The molecule has 0 spiro atoms. The van der Waals surface area contributed by atoms with E-state index < -0.39 is 6.04 Å². The fourth-order valence-corrected chi connectivity index (χ4v) is 0.873. The maximum Gasteiger partial charge on any atom is 0.241 e. The van der Waals surface area contributed by atoms with Gasteiger partial charge < -0.3 is 16.0 Å². The minimum absolute atomic E-state index is 0.254. The number of amides is 1. The highest BCUT2D eigenvalue weighted by Gasteiger charge is 2.08. The first-order chi connectivity index (χ1) is 7.00. The van der Waals surface area contributed by atoms with Crippen molar-refractivity contribution in [1.82, 2.24) is 9.97 Å². The lowest BCUT2D eigenvalue weighted by Crippen LogP contribution is -2.32. The first-order valence-electron chi connectivity index (χ1n) is 4.56. The van der Waals surface area contributed by atoms with Crippen LogP contribution in [0.1, 0.15) is 6.92 Å². The molecule has 0 saturated heterocycles. The van der Waals surface area contributed by atoms with Gasteiger partial charge in [-0.05, 0) is 6.92 Å². The Morgan fingerprint density at radius 2 is 2.00 bits per heavy atom. The Balaban J connectivity index is 2.69. The first kappa shape index (κ1) is 11.4. The van der Waals surface area contributed by atoms with Crippen LogP contribution < -0.4 is 16.0 Å². The van der Waals surface area contributed by atoms with Gasteiger partial charge in [0.05, 0.1) is 24.1 Å². The number of nitrogens with two attached hydrogens (primary N) is 1. The molecule has 0 aliphatic rings. The van der Waals surface area contributed by atoms with Crippen LogP contribution in [0, 0.1) is 0 Å². The molecule has 3 N–H and O–H groups in total. The Hall–Kier alpha value is -1.69. The minimum atomic E-state index is -0.543. The van der Waals surface area contributed by atoms with Crippen molar-refractivity contribution in [3.05, 3.63) is 12.4 Å². The number of anilines is 2. The van der Waals surface area contributed by atoms with Crippen LogP contribution in [0.15, 0.2) is 12.4 Å². The summed E-state index contributed by atoms with van der Waals surface area (Å²) in [6.07, 6.45) is 3.09. The highest BCUT2D eigenvalue weighted by Crippen LogP contribution is 2.07. The Labute approximate surface area is 88.5 Å². The topological polar surface area (TPSA) is 84.1 Å². The van der Waals surface area contributed by atoms with Crippen molar-refractivity contribution in [2.75, 3.05) is 24.3 Å². The van der Waals surface area contributed by atoms with Crippen molar-refractivity contribution in [2.45, 2.75) is 13.0 Å². The van der Waals surface area contributed by atoms with Crippen LogP contribution in [-0.2, 0) is 4.79 Å². The normalized spacial score (nSPS) is 12.0. The third-order valence-electron chi connectivity index (χ3n) is 1.72. The lowest BCUT2D eigenvalue weighted by Gasteiger charge is -2.11. The molecule has 1 amide bonds. The predicted octanol–water partition coefficient (Wildman–Crippen LogP) is -0.172. The van der Waals surface area contributed by atoms with Crippen LogP contribution >= 0.6 is 0 Å². The molecular weight excluding hydrogens is 194 g/mol. The van der Waals surface area contributed by atoms with E-state index in [1.807, 2.05) is 14.1 Å². The second kappa shape index (κ2) is 4.70. The molecule has 0 fully saturated rings. The molecule has 1 aromatic heterocycles. The number of nitrogens with zero attached hydrogens (tertiary/aromatic N) is 3. The van der Waals surface area contributed by atoms with Gasteiger partial charge in [-0.25, -0.2) is 9.97 Å². The fraction of sp³-hybridized carbons (Fsp3) is 0.444. The number of hydrogen-bond donors (Lipinski definition) is 2. The van der Waals surface area contributed by atoms with E-state index in [2.05, 4.69) is 15.3 Å². The summed E-state index contributed by atoms with van der Waals surface area (Å²) in [6.45, 7) is 1.62. The highest BCUT2D eigenvalue weighted by molar-refractivity contribution is 5.94. The summed E-state index contributed by atoms with van der Waals surface area (Å²) in [7, 11) is 3.69. The lowest BCUT2D eigenvalue weighted by atomic mass is 10.3. The standard InChI is InChI=1S/C9H15N5O/c1-6(10)8(15)13-7-4-11-9(12-5-7)14(2)3/h4-6H,10H2,1-3H3,(H,13,15)/t6-/m1/s1. The third-order valence-corrected chi connectivity index (χ3v) is 1.72. The van der Waals surface area contributed by atoms with E-state index in [1.54, 1.807) is 24.2 Å². The second-order valence-electron chi connectivity index (χ2n) is 3.44. The average molecular weight is 209 g/mol. The van der Waals surface area contributed by atoms with Crippen LogP contribution in [0.3, 0.4) is 0 Å². The van der Waals surface area contributed by atoms with E-state index in [1.165, 1.54) is 0 Å². The van der Waals surface area contributed by atoms with Crippen LogP contribution in [-0.4, -0.2) is 36.0 Å². The van der Waals surface area contributed by atoms with E-state index in [4.69, 9.17) is 5.73 Å². The molecule has 6 nitrogen and oxygen atoms in total. The second-order valence-corrected chi connectivity index (χ2v) is 3.44. The van der Waals surface area contributed by atoms with E-state index >= 15 is 0 Å². The summed E-state index contributed by atoms with van der Waals surface area (Å²) < 4.78 is 0. The van der Waals surface area contributed by atoms with Gasteiger partial charge in [0.1, 0.15) is 0 Å². The van der Waals surface area contributed by atoms with E-state index in [0.717, 1.165) is 0 Å². The molecule has 0 radical (unpaired) electrons.